The van der Waals surface area contributed by atoms with Crippen molar-refractivity contribution in [2.75, 3.05) is 78.5 Å². The molecule has 1 aliphatic rings. The molecule has 0 aromatic carbocycles. The van der Waals surface area contributed by atoms with Gasteiger partial charge in [0.05, 0.1) is 0 Å². The molecule has 0 bridgehead atoms. The van der Waals surface area contributed by atoms with Crippen LogP contribution >= 0.6 is 0 Å². The van der Waals surface area contributed by atoms with Gasteiger partial charge < -0.3 is 19.6 Å². The maximum Gasteiger partial charge on any atom is 0.0110 e. The van der Waals surface area contributed by atoms with Crippen LogP contribution in [-0.4, -0.2) is 98.1 Å². The van der Waals surface area contributed by atoms with E-state index in [2.05, 4.69) is 54.2 Å². The van der Waals surface area contributed by atoms with Gasteiger partial charge in [-0.2, -0.15) is 0 Å². The second kappa shape index (κ2) is 11.4. The molecule has 0 radical (unpaired) electrons. The van der Waals surface area contributed by atoms with Gasteiger partial charge in [0.25, 0.3) is 0 Å². The van der Waals surface area contributed by atoms with Gasteiger partial charge in [-0.25, -0.2) is 0 Å². The highest BCUT2D eigenvalue weighted by molar-refractivity contribution is 4.71. The summed E-state index contributed by atoms with van der Waals surface area (Å²) in [4.78, 5) is 10.5. The predicted octanol–water partition coefficient (Wildman–Crippen LogP) is 1.92. The third-order valence-corrected chi connectivity index (χ3v) is 4.89. The summed E-state index contributed by atoms with van der Waals surface area (Å²) in [7, 11) is 0. The molecule has 4 nitrogen and oxygen atoms in total. The summed E-state index contributed by atoms with van der Waals surface area (Å²) in [5.41, 5.74) is 0. The van der Waals surface area contributed by atoms with Crippen LogP contribution in [0.4, 0.5) is 0 Å². The molecule has 132 valence electrons. The average molecular weight is 313 g/mol. The van der Waals surface area contributed by atoms with E-state index in [1.165, 1.54) is 78.5 Å². The van der Waals surface area contributed by atoms with Crippen molar-refractivity contribution in [3.63, 3.8) is 0 Å². The topological polar surface area (TPSA) is 13.0 Å². The molecule has 1 fully saturated rings. The van der Waals surface area contributed by atoms with Crippen molar-refractivity contribution in [3.8, 4) is 0 Å². The molecule has 0 N–H and O–H groups in total. The zero-order valence-electron chi connectivity index (χ0n) is 15.9. The van der Waals surface area contributed by atoms with Crippen LogP contribution < -0.4 is 0 Å². The highest BCUT2D eigenvalue weighted by Crippen LogP contribution is 2.03. The Morgan fingerprint density at radius 3 is 1.05 bits per heavy atom. The quantitative estimate of drug-likeness (QED) is 0.769. The highest BCUT2D eigenvalue weighted by atomic mass is 15.3. The Labute approximate surface area is 139 Å². The van der Waals surface area contributed by atoms with Crippen LogP contribution in [0.3, 0.4) is 0 Å². The fourth-order valence-electron chi connectivity index (χ4n) is 3.23. The number of rotatable bonds is 5. The molecule has 0 atom stereocenters. The van der Waals surface area contributed by atoms with Crippen molar-refractivity contribution in [3.05, 3.63) is 0 Å². The zero-order valence-corrected chi connectivity index (χ0v) is 15.9. The highest BCUT2D eigenvalue weighted by Gasteiger charge is 2.15. The predicted molar refractivity (Wildman–Crippen MR) is 97.6 cm³/mol. The minimum Gasteiger partial charge on any atom is -0.301 e. The van der Waals surface area contributed by atoms with Gasteiger partial charge in [-0.15, -0.1) is 0 Å². The molecule has 0 unspecified atom stereocenters. The van der Waals surface area contributed by atoms with Crippen LogP contribution in [0.2, 0.25) is 0 Å². The van der Waals surface area contributed by atoms with E-state index >= 15 is 0 Å². The Kier molecular flexibility index (Phi) is 10.3. The van der Waals surface area contributed by atoms with E-state index in [-0.39, 0.29) is 0 Å². The maximum atomic E-state index is 2.68. The standard InChI is InChI=1S/C18H40N4/c1-6-19-9-11-20(7-2)13-15-22(17-18(4)5)16-14-21(8-3)12-10-19/h18H,6-17H2,1-5H3. The minimum atomic E-state index is 0.758. The van der Waals surface area contributed by atoms with Gasteiger partial charge >= 0.3 is 0 Å². The Bertz CT molecular complexity index is 250. The number of hydrogen-bond acceptors (Lipinski definition) is 4. The van der Waals surface area contributed by atoms with Crippen molar-refractivity contribution >= 4 is 0 Å². The average Bonchev–Trinajstić information content (AvgIpc) is 2.50. The van der Waals surface area contributed by atoms with Crippen LogP contribution in [-0.2, 0) is 0 Å². The Morgan fingerprint density at radius 2 is 0.818 bits per heavy atom. The van der Waals surface area contributed by atoms with Gasteiger partial charge in [0.15, 0.2) is 0 Å². The van der Waals surface area contributed by atoms with Gasteiger partial charge in [0.2, 0.25) is 0 Å². The summed E-state index contributed by atoms with van der Waals surface area (Å²) >= 11 is 0. The lowest BCUT2D eigenvalue weighted by Gasteiger charge is -2.34. The molecule has 1 aliphatic heterocycles. The summed E-state index contributed by atoms with van der Waals surface area (Å²) in [6.45, 7) is 26.0. The van der Waals surface area contributed by atoms with Gasteiger partial charge in [0.1, 0.15) is 0 Å². The first-order chi connectivity index (χ1) is 10.6. The third kappa shape index (κ3) is 7.91. The molecule has 0 saturated carbocycles. The fraction of sp³-hybridized carbons (Fsp3) is 1.00. The molecular weight excluding hydrogens is 272 g/mol. The largest absolute Gasteiger partial charge is 0.301 e. The summed E-state index contributed by atoms with van der Waals surface area (Å²) in [5.74, 6) is 0.758. The van der Waals surface area contributed by atoms with Crippen molar-refractivity contribution < 1.29 is 0 Å². The van der Waals surface area contributed by atoms with E-state index in [0.29, 0.717) is 0 Å². The summed E-state index contributed by atoms with van der Waals surface area (Å²) < 4.78 is 0. The van der Waals surface area contributed by atoms with E-state index in [1.807, 2.05) is 0 Å². The molecule has 22 heavy (non-hydrogen) atoms. The van der Waals surface area contributed by atoms with Crippen molar-refractivity contribution in [2.45, 2.75) is 34.6 Å². The van der Waals surface area contributed by atoms with E-state index in [4.69, 9.17) is 0 Å². The lowest BCUT2D eigenvalue weighted by Crippen LogP contribution is -2.46. The van der Waals surface area contributed by atoms with Crippen molar-refractivity contribution in [1.82, 2.24) is 19.6 Å². The molecule has 0 aromatic rings. The van der Waals surface area contributed by atoms with Crippen molar-refractivity contribution in [1.29, 1.82) is 0 Å². The van der Waals surface area contributed by atoms with E-state index in [9.17, 15) is 0 Å². The van der Waals surface area contributed by atoms with Crippen LogP contribution in [0.1, 0.15) is 34.6 Å². The van der Waals surface area contributed by atoms with Crippen LogP contribution in [0, 0.1) is 5.92 Å². The fourth-order valence-corrected chi connectivity index (χ4v) is 3.23. The van der Waals surface area contributed by atoms with Gasteiger partial charge in [-0.05, 0) is 25.6 Å². The lowest BCUT2D eigenvalue weighted by molar-refractivity contribution is 0.134. The van der Waals surface area contributed by atoms with E-state index in [1.54, 1.807) is 0 Å². The first kappa shape index (κ1) is 19.9. The lowest BCUT2D eigenvalue weighted by atomic mass is 10.2. The molecule has 0 amide bonds. The molecule has 1 rings (SSSR count). The van der Waals surface area contributed by atoms with Gasteiger partial charge in [0, 0.05) is 58.9 Å². The Morgan fingerprint density at radius 1 is 0.545 bits per heavy atom. The maximum absolute atomic E-state index is 2.68. The summed E-state index contributed by atoms with van der Waals surface area (Å²) in [6.07, 6.45) is 0. The van der Waals surface area contributed by atoms with Crippen molar-refractivity contribution in [2.24, 2.45) is 5.92 Å². The van der Waals surface area contributed by atoms with E-state index in [0.717, 1.165) is 5.92 Å². The Balaban J connectivity index is 2.64. The Hall–Kier alpha value is -0.160. The molecule has 0 aliphatic carbocycles. The first-order valence-electron chi connectivity index (χ1n) is 9.48. The van der Waals surface area contributed by atoms with Gasteiger partial charge in [-0.1, -0.05) is 34.6 Å². The number of likely N-dealkylation sites (N-methyl/N-ethyl adjacent to an activating group) is 3. The zero-order chi connectivity index (χ0) is 16.4. The monoisotopic (exact) mass is 312 g/mol. The molecule has 0 spiro atoms. The SMILES string of the molecule is CCN1CCN(CC)CCN(CC(C)C)CCN(CC)CC1. The van der Waals surface area contributed by atoms with Crippen LogP contribution in [0.5, 0.6) is 0 Å². The van der Waals surface area contributed by atoms with E-state index < -0.39 is 0 Å². The summed E-state index contributed by atoms with van der Waals surface area (Å²) in [6, 6.07) is 0. The number of nitrogens with zero attached hydrogens (tertiary/aromatic N) is 4. The normalized spacial score (nSPS) is 22.6. The molecular formula is C18H40N4. The smallest absolute Gasteiger partial charge is 0.0110 e. The first-order valence-corrected chi connectivity index (χ1v) is 9.48. The second-order valence-corrected chi connectivity index (χ2v) is 7.00. The third-order valence-electron chi connectivity index (χ3n) is 4.89. The molecule has 0 aromatic heterocycles. The summed E-state index contributed by atoms with van der Waals surface area (Å²) in [5, 5.41) is 0. The van der Waals surface area contributed by atoms with Crippen LogP contribution in [0.15, 0.2) is 0 Å². The minimum absolute atomic E-state index is 0.758. The molecule has 4 heteroatoms. The molecule has 1 heterocycles. The number of hydrogen-bond donors (Lipinski definition) is 0. The van der Waals surface area contributed by atoms with Crippen LogP contribution in [0.25, 0.3) is 0 Å². The second-order valence-electron chi connectivity index (χ2n) is 7.00. The van der Waals surface area contributed by atoms with Gasteiger partial charge in [-0.3, -0.25) is 0 Å². The molecule has 1 saturated heterocycles.